The molecule has 0 aromatic rings. The van der Waals surface area contributed by atoms with Crippen LogP contribution >= 0.6 is 0 Å². The first-order chi connectivity index (χ1) is 1.91. The van der Waals surface area contributed by atoms with Gasteiger partial charge in [0, 0.05) is 0 Å². The highest BCUT2D eigenvalue weighted by molar-refractivity contribution is 4.50. The minimum absolute atomic E-state index is 0.0556. The maximum atomic E-state index is 10.3. The van der Waals surface area contributed by atoms with Crippen molar-refractivity contribution in [2.24, 2.45) is 0 Å². The van der Waals surface area contributed by atoms with Crippen molar-refractivity contribution in [3.8, 4) is 0 Å². The van der Waals surface area contributed by atoms with E-state index in [9.17, 15) is 4.39 Å². The molecule has 0 aromatic carbocycles. The summed E-state index contributed by atoms with van der Waals surface area (Å²) in [7, 11) is 0. The number of hydrogen-bond acceptors (Lipinski definition) is 1. The van der Waals surface area contributed by atoms with Gasteiger partial charge in [-0.2, -0.15) is 0 Å². The van der Waals surface area contributed by atoms with Crippen LogP contribution in [-0.4, -0.2) is 5.11 Å². The van der Waals surface area contributed by atoms with Gasteiger partial charge in [-0.15, -0.1) is 0 Å². The minimum Gasteiger partial charge on any atom is -0.513 e. The summed E-state index contributed by atoms with van der Waals surface area (Å²) in [4.78, 5) is 0. The first-order valence-electron chi connectivity index (χ1n) is 0.810. The Morgan fingerprint density at radius 1 is 1.75 bits per heavy atom. The van der Waals surface area contributed by atoms with Gasteiger partial charge < -0.3 is 5.11 Å². The van der Waals surface area contributed by atoms with Crippen molar-refractivity contribution in [2.45, 2.75) is 0 Å². The van der Waals surface area contributed by atoms with Crippen LogP contribution in [0, 0.1) is 0 Å². The second kappa shape index (κ2) is 2.47. The second-order valence-electron chi connectivity index (χ2n) is 0.275. The van der Waals surface area contributed by atoms with Gasteiger partial charge in [0.1, 0.15) is 12.6 Å². The quantitative estimate of drug-likeness (QED) is 0.415. The van der Waals surface area contributed by atoms with Crippen molar-refractivity contribution < 1.29 is 9.50 Å². The maximum absolute atomic E-state index is 10.3. The summed E-state index contributed by atoms with van der Waals surface area (Å²) in [5.74, 6) is 0. The first kappa shape index (κ1) is 3.47. The van der Waals surface area contributed by atoms with Crippen LogP contribution in [0.1, 0.15) is 0 Å². The first-order valence-corrected chi connectivity index (χ1v) is 0.810. The maximum Gasteiger partial charge on any atom is 0.121 e. The van der Waals surface area contributed by atoms with Crippen LogP contribution in [0.5, 0.6) is 0 Å². The smallest absolute Gasteiger partial charge is 0.121 e. The predicted molar refractivity (Wildman–Crippen MR) is 12.9 cm³/mol. The van der Waals surface area contributed by atoms with Crippen LogP contribution in [0.25, 0.3) is 0 Å². The number of aliphatic hydroxyl groups is 1. The van der Waals surface area contributed by atoms with E-state index < -0.39 is 0 Å². The standard InChI is InChI=1S/C2H3FO/c3-1-2-4/h1-2,4H/b2-1+. The topological polar surface area (TPSA) is 20.2 Å². The molecule has 4 heavy (non-hydrogen) atoms. The Hall–Kier alpha value is -0.530. The molecule has 0 unspecified atom stereocenters. The number of hydrogen-bond donors (Lipinski definition) is 1. The third kappa shape index (κ3) is 1.47. The summed E-state index contributed by atoms with van der Waals surface area (Å²) in [5.41, 5.74) is 0. The SMILES string of the molecule is O/C=C/F. The minimum atomic E-state index is 0.0556. The molecule has 2 heteroatoms. The normalized spacial score (nSPS) is 9.25. The van der Waals surface area contributed by atoms with E-state index in [0.29, 0.717) is 6.26 Å². The Labute approximate surface area is 23.4 Å². The predicted octanol–water partition coefficient (Wildman–Crippen LogP) is 0.985. The fraction of sp³-hybridized carbons (Fsp3) is 0. The van der Waals surface area contributed by atoms with E-state index in [-0.39, 0.29) is 6.33 Å². The summed E-state index contributed by atoms with van der Waals surface area (Å²) >= 11 is 0. The second-order valence-corrected chi connectivity index (χ2v) is 0.275. The molecule has 0 aromatic heterocycles. The largest absolute Gasteiger partial charge is 0.513 e. The Morgan fingerprint density at radius 2 is 2.00 bits per heavy atom. The Balaban J connectivity index is 2.55. The van der Waals surface area contributed by atoms with Crippen molar-refractivity contribution in [1.29, 1.82) is 0 Å². The number of halogens is 1. The highest BCUT2D eigenvalue weighted by Crippen LogP contribution is 1.58. The van der Waals surface area contributed by atoms with Gasteiger partial charge in [0.2, 0.25) is 0 Å². The van der Waals surface area contributed by atoms with Gasteiger partial charge in [-0.3, -0.25) is 0 Å². The van der Waals surface area contributed by atoms with Crippen LogP contribution in [0.2, 0.25) is 0 Å². The summed E-state index contributed by atoms with van der Waals surface area (Å²) < 4.78 is 10.3. The highest BCUT2D eigenvalue weighted by Gasteiger charge is 1.40. The van der Waals surface area contributed by atoms with Gasteiger partial charge in [-0.05, 0) is 0 Å². The third-order valence-corrected chi connectivity index (χ3v) is 0.0563. The molecule has 0 aliphatic heterocycles. The van der Waals surface area contributed by atoms with Crippen molar-refractivity contribution >= 4 is 0 Å². The molecule has 24 valence electrons. The molecule has 0 rings (SSSR count). The van der Waals surface area contributed by atoms with Crippen LogP contribution < -0.4 is 0 Å². The van der Waals surface area contributed by atoms with Gasteiger partial charge in [-0.25, -0.2) is 4.39 Å². The average molecular weight is 62.0 g/mol. The summed E-state index contributed by atoms with van der Waals surface area (Å²) in [5, 5.41) is 7.32. The molecule has 0 heterocycles. The molecule has 0 spiro atoms. The lowest BCUT2D eigenvalue weighted by Gasteiger charge is -1.50. The Morgan fingerprint density at radius 3 is 2.00 bits per heavy atom. The molecule has 0 radical (unpaired) electrons. The lowest BCUT2D eigenvalue weighted by atomic mass is 11.1. The zero-order valence-corrected chi connectivity index (χ0v) is 1.98. The van der Waals surface area contributed by atoms with E-state index in [2.05, 4.69) is 0 Å². The fourth-order valence-electron chi connectivity index (χ4n) is 0. The average Bonchev–Trinajstić information content (AvgIpc) is 1.37. The molecule has 0 amide bonds. The molecule has 1 nitrogen and oxygen atoms in total. The molecule has 0 bridgehead atoms. The van der Waals surface area contributed by atoms with E-state index in [4.69, 9.17) is 5.11 Å². The molecule has 0 fully saturated rings. The molecule has 0 aliphatic rings. The fourth-order valence-corrected chi connectivity index (χ4v) is 0. The van der Waals surface area contributed by atoms with Crippen LogP contribution in [-0.2, 0) is 0 Å². The molecule has 0 aliphatic carbocycles. The summed E-state index contributed by atoms with van der Waals surface area (Å²) in [6.45, 7) is 0. The van der Waals surface area contributed by atoms with Gasteiger partial charge in [0.15, 0.2) is 0 Å². The molecular formula is C2H3FO. The Kier molecular flexibility index (Phi) is 2.14. The van der Waals surface area contributed by atoms with E-state index in [1.54, 1.807) is 0 Å². The number of rotatable bonds is 0. The highest BCUT2D eigenvalue weighted by atomic mass is 19.1. The summed E-state index contributed by atoms with van der Waals surface area (Å²) in [6, 6.07) is 0. The van der Waals surface area contributed by atoms with Gasteiger partial charge in [-0.1, -0.05) is 0 Å². The van der Waals surface area contributed by atoms with Crippen molar-refractivity contribution in [3.63, 3.8) is 0 Å². The molecule has 0 saturated heterocycles. The summed E-state index contributed by atoms with van der Waals surface area (Å²) in [6.07, 6.45) is 0.389. The van der Waals surface area contributed by atoms with Crippen LogP contribution in [0.3, 0.4) is 0 Å². The molecule has 0 atom stereocenters. The number of aliphatic hydroxyl groups excluding tert-OH is 1. The lowest BCUT2D eigenvalue weighted by molar-refractivity contribution is 0.457. The van der Waals surface area contributed by atoms with Gasteiger partial charge in [0.05, 0.1) is 0 Å². The van der Waals surface area contributed by atoms with E-state index in [1.165, 1.54) is 0 Å². The van der Waals surface area contributed by atoms with E-state index >= 15 is 0 Å². The molecular weight excluding hydrogens is 59.0 g/mol. The van der Waals surface area contributed by atoms with E-state index in [0.717, 1.165) is 0 Å². The molecule has 0 saturated carbocycles. The van der Waals surface area contributed by atoms with Gasteiger partial charge >= 0.3 is 0 Å². The van der Waals surface area contributed by atoms with E-state index in [1.807, 2.05) is 0 Å². The zero-order chi connectivity index (χ0) is 3.41. The van der Waals surface area contributed by atoms with Crippen LogP contribution in [0.4, 0.5) is 4.39 Å². The Bertz CT molecular complexity index is 21.2. The van der Waals surface area contributed by atoms with Crippen LogP contribution in [0.15, 0.2) is 12.6 Å². The molecule has 1 N–H and O–H groups in total. The van der Waals surface area contributed by atoms with Crippen molar-refractivity contribution in [1.82, 2.24) is 0 Å². The van der Waals surface area contributed by atoms with Crippen molar-refractivity contribution in [3.05, 3.63) is 12.6 Å². The van der Waals surface area contributed by atoms with Gasteiger partial charge in [0.25, 0.3) is 0 Å². The monoisotopic (exact) mass is 62.0 g/mol. The zero-order valence-electron chi connectivity index (χ0n) is 1.98. The lowest BCUT2D eigenvalue weighted by Crippen LogP contribution is -1.34. The van der Waals surface area contributed by atoms with Crippen molar-refractivity contribution in [2.75, 3.05) is 0 Å². The third-order valence-electron chi connectivity index (χ3n) is 0.0563.